The molecule has 1 rings (SSSR count). The van der Waals surface area contributed by atoms with Crippen LogP contribution < -0.4 is 11.4 Å². The number of hydrogen-bond donors (Lipinski definition) is 2. The lowest BCUT2D eigenvalue weighted by atomic mass is 10.3. The van der Waals surface area contributed by atoms with E-state index in [0.717, 1.165) is 10.6 Å². The maximum Gasteiger partial charge on any atom is 0.352 e. The summed E-state index contributed by atoms with van der Waals surface area (Å²) in [7, 11) is 0. The van der Waals surface area contributed by atoms with Gasteiger partial charge in [0.1, 0.15) is 5.82 Å². The molecule has 0 bridgehead atoms. The van der Waals surface area contributed by atoms with Crippen molar-refractivity contribution >= 4 is 5.82 Å². The van der Waals surface area contributed by atoms with Crippen LogP contribution in [-0.2, 0) is 0 Å². The van der Waals surface area contributed by atoms with Gasteiger partial charge in [0.05, 0.1) is 6.61 Å². The number of rotatable bonds is 3. The van der Waals surface area contributed by atoms with Crippen molar-refractivity contribution in [1.82, 2.24) is 9.55 Å². The van der Waals surface area contributed by atoms with E-state index in [2.05, 4.69) is 4.98 Å². The average molecular weight is 213 g/mol. The van der Waals surface area contributed by atoms with E-state index in [1.165, 1.54) is 12.3 Å². The van der Waals surface area contributed by atoms with Crippen LogP contribution in [-0.4, -0.2) is 21.3 Å². The van der Waals surface area contributed by atoms with Crippen molar-refractivity contribution in [3.05, 3.63) is 34.4 Å². The molecule has 5 nitrogen and oxygen atoms in total. The molecule has 1 aromatic rings. The third-order valence-electron chi connectivity index (χ3n) is 1.79. The predicted molar refractivity (Wildman–Crippen MR) is 53.9 cm³/mol. The molecule has 3 N–H and O–H groups in total. The molecule has 0 radical (unpaired) electrons. The molecule has 6 heteroatoms. The summed E-state index contributed by atoms with van der Waals surface area (Å²) in [4.78, 5) is 14.6. The van der Waals surface area contributed by atoms with E-state index in [1.807, 2.05) is 0 Å². The van der Waals surface area contributed by atoms with Crippen molar-refractivity contribution in [1.29, 1.82) is 0 Å². The van der Waals surface area contributed by atoms with Crippen molar-refractivity contribution in [2.75, 3.05) is 12.3 Å². The van der Waals surface area contributed by atoms with Gasteiger partial charge in [-0.1, -0.05) is 0 Å². The van der Waals surface area contributed by atoms with Crippen molar-refractivity contribution < 1.29 is 9.50 Å². The Kier molecular flexibility index (Phi) is 3.56. The smallest absolute Gasteiger partial charge is 0.352 e. The Morgan fingerprint density at radius 3 is 3.07 bits per heavy atom. The lowest BCUT2D eigenvalue weighted by molar-refractivity contribution is 0.286. The minimum Gasteiger partial charge on any atom is -0.392 e. The lowest BCUT2D eigenvalue weighted by Crippen LogP contribution is -2.24. The molecule has 0 spiro atoms. The van der Waals surface area contributed by atoms with Crippen LogP contribution in [0.2, 0.25) is 0 Å². The first kappa shape index (κ1) is 11.4. The van der Waals surface area contributed by atoms with Crippen molar-refractivity contribution in [2.24, 2.45) is 0 Å². The Labute approximate surface area is 85.7 Å². The zero-order chi connectivity index (χ0) is 11.4. The van der Waals surface area contributed by atoms with E-state index in [9.17, 15) is 9.18 Å². The Bertz CT molecular complexity index is 428. The highest BCUT2D eigenvalue weighted by Crippen LogP contribution is 2.09. The largest absolute Gasteiger partial charge is 0.392 e. The van der Waals surface area contributed by atoms with Crippen LogP contribution in [0.15, 0.2) is 28.7 Å². The standard InChI is InChI=1S/C9H12FN3O2/c1-6(5-14)4-7(10)13-3-2-8(11)12-9(13)15/h2-4,7,14H,5H2,1H3,(H2,11,12,15). The minimum atomic E-state index is -1.64. The van der Waals surface area contributed by atoms with Gasteiger partial charge in [-0.05, 0) is 24.6 Å². The van der Waals surface area contributed by atoms with Crippen LogP contribution in [0.5, 0.6) is 0 Å². The fraction of sp³-hybridized carbons (Fsp3) is 0.333. The fourth-order valence-corrected chi connectivity index (χ4v) is 0.981. The summed E-state index contributed by atoms with van der Waals surface area (Å²) in [5.74, 6) is 0.0475. The summed E-state index contributed by atoms with van der Waals surface area (Å²) < 4.78 is 14.2. The molecule has 0 aliphatic carbocycles. The van der Waals surface area contributed by atoms with E-state index in [0.29, 0.717) is 5.57 Å². The Balaban J connectivity index is 3.02. The molecule has 0 fully saturated rings. The molecule has 0 saturated carbocycles. The molecule has 1 unspecified atom stereocenters. The number of aliphatic hydroxyl groups is 1. The number of nitrogens with two attached hydrogens (primary N) is 1. The van der Waals surface area contributed by atoms with E-state index >= 15 is 0 Å². The number of allylic oxidation sites excluding steroid dienone is 1. The van der Waals surface area contributed by atoms with Gasteiger partial charge in [-0.15, -0.1) is 0 Å². The summed E-state index contributed by atoms with van der Waals surface area (Å²) in [5.41, 5.74) is 4.93. The van der Waals surface area contributed by atoms with Gasteiger partial charge in [0.25, 0.3) is 0 Å². The van der Waals surface area contributed by atoms with Gasteiger partial charge in [-0.25, -0.2) is 9.18 Å². The second-order valence-electron chi connectivity index (χ2n) is 3.09. The van der Waals surface area contributed by atoms with Gasteiger partial charge in [0.15, 0.2) is 6.30 Å². The van der Waals surface area contributed by atoms with Gasteiger partial charge in [0, 0.05) is 6.20 Å². The number of hydrogen-bond acceptors (Lipinski definition) is 4. The summed E-state index contributed by atoms with van der Waals surface area (Å²) >= 11 is 0. The first-order valence-corrected chi connectivity index (χ1v) is 4.31. The topological polar surface area (TPSA) is 81.1 Å². The first-order valence-electron chi connectivity index (χ1n) is 4.31. The van der Waals surface area contributed by atoms with Gasteiger partial charge >= 0.3 is 5.69 Å². The maximum absolute atomic E-state index is 13.5. The monoisotopic (exact) mass is 213 g/mol. The van der Waals surface area contributed by atoms with Crippen LogP contribution in [0.3, 0.4) is 0 Å². The highest BCUT2D eigenvalue weighted by Gasteiger charge is 2.08. The van der Waals surface area contributed by atoms with Crippen LogP contribution in [0.1, 0.15) is 13.2 Å². The SMILES string of the molecule is CC(=CC(F)n1ccc(N)nc1=O)CO. The quantitative estimate of drug-likeness (QED) is 0.704. The highest BCUT2D eigenvalue weighted by atomic mass is 19.1. The van der Waals surface area contributed by atoms with E-state index < -0.39 is 12.0 Å². The van der Waals surface area contributed by atoms with E-state index in [4.69, 9.17) is 10.8 Å². The first-order chi connectivity index (χ1) is 7.04. The Morgan fingerprint density at radius 1 is 1.87 bits per heavy atom. The third-order valence-corrected chi connectivity index (χ3v) is 1.79. The normalized spacial score (nSPS) is 13.9. The van der Waals surface area contributed by atoms with E-state index in [1.54, 1.807) is 6.92 Å². The zero-order valence-corrected chi connectivity index (χ0v) is 8.22. The van der Waals surface area contributed by atoms with Crippen LogP contribution in [0.4, 0.5) is 10.2 Å². The Hall–Kier alpha value is -1.69. The molecule has 1 heterocycles. The molecular formula is C9H12FN3O2. The second-order valence-corrected chi connectivity index (χ2v) is 3.09. The number of aromatic nitrogens is 2. The number of alkyl halides is 1. The molecule has 0 amide bonds. The van der Waals surface area contributed by atoms with Crippen LogP contribution >= 0.6 is 0 Å². The van der Waals surface area contributed by atoms with Crippen molar-refractivity contribution in [2.45, 2.75) is 13.2 Å². The molecule has 15 heavy (non-hydrogen) atoms. The number of nitrogen functional groups attached to an aromatic ring is 1. The Morgan fingerprint density at radius 2 is 2.53 bits per heavy atom. The summed E-state index contributed by atoms with van der Waals surface area (Å²) in [6, 6.07) is 1.33. The van der Waals surface area contributed by atoms with Gasteiger partial charge in [0.2, 0.25) is 0 Å². The number of aliphatic hydroxyl groups excluding tert-OH is 1. The second kappa shape index (κ2) is 4.70. The molecular weight excluding hydrogens is 201 g/mol. The highest BCUT2D eigenvalue weighted by molar-refractivity contribution is 5.23. The number of halogens is 1. The summed E-state index contributed by atoms with van der Waals surface area (Å²) in [5, 5.41) is 8.69. The van der Waals surface area contributed by atoms with E-state index in [-0.39, 0.29) is 12.4 Å². The number of anilines is 1. The predicted octanol–water partition coefficient (Wildman–Crippen LogP) is 0.232. The maximum atomic E-state index is 13.5. The zero-order valence-electron chi connectivity index (χ0n) is 8.22. The molecule has 1 aromatic heterocycles. The summed E-state index contributed by atoms with van der Waals surface area (Å²) in [6.45, 7) is 1.31. The third kappa shape index (κ3) is 2.88. The van der Waals surface area contributed by atoms with Crippen LogP contribution in [0, 0.1) is 0 Å². The molecule has 1 atom stereocenters. The number of nitrogens with zero attached hydrogens (tertiary/aromatic N) is 2. The van der Waals surface area contributed by atoms with Gasteiger partial charge < -0.3 is 10.8 Å². The summed E-state index contributed by atoms with van der Waals surface area (Å²) in [6.07, 6.45) is 0.716. The fourth-order valence-electron chi connectivity index (χ4n) is 0.981. The van der Waals surface area contributed by atoms with Gasteiger partial charge in [-0.2, -0.15) is 4.98 Å². The van der Waals surface area contributed by atoms with Gasteiger partial charge in [-0.3, -0.25) is 4.57 Å². The molecule has 0 aromatic carbocycles. The minimum absolute atomic E-state index is 0.0475. The van der Waals surface area contributed by atoms with Crippen LogP contribution in [0.25, 0.3) is 0 Å². The lowest BCUT2D eigenvalue weighted by Gasteiger charge is -2.07. The van der Waals surface area contributed by atoms with Crippen molar-refractivity contribution in [3.63, 3.8) is 0 Å². The molecule has 0 aliphatic rings. The van der Waals surface area contributed by atoms with Crippen molar-refractivity contribution in [3.8, 4) is 0 Å². The average Bonchev–Trinajstić information content (AvgIpc) is 2.17. The molecule has 82 valence electrons. The molecule has 0 aliphatic heterocycles. The molecule has 0 saturated heterocycles.